The van der Waals surface area contributed by atoms with E-state index in [4.69, 9.17) is 9.98 Å². The maximum atomic E-state index is 5.36. The molecular weight excluding hydrogens is 725 g/mol. The molecule has 0 saturated carbocycles. The van der Waals surface area contributed by atoms with E-state index in [1.807, 2.05) is 54.7 Å². The molecule has 10 aromatic rings. The Balaban J connectivity index is 1.36. The van der Waals surface area contributed by atoms with Crippen LogP contribution in [0.1, 0.15) is 18.1 Å². The van der Waals surface area contributed by atoms with Crippen molar-refractivity contribution in [3.8, 4) is 5.69 Å². The van der Waals surface area contributed by atoms with E-state index in [-0.39, 0.29) is 0 Å². The van der Waals surface area contributed by atoms with Gasteiger partial charge in [0.25, 0.3) is 0 Å². The molecule has 0 amide bonds. The molecule has 0 aliphatic carbocycles. The summed E-state index contributed by atoms with van der Waals surface area (Å²) in [5, 5.41) is 12.0. The van der Waals surface area contributed by atoms with Gasteiger partial charge in [0.05, 0.1) is 17.6 Å². The second-order valence-corrected chi connectivity index (χ2v) is 15.4. The molecule has 0 bridgehead atoms. The molecule has 5 heteroatoms. The molecule has 276 valence electrons. The average molecular weight is 763 g/mol. The second-order valence-electron chi connectivity index (χ2n) is 14.4. The van der Waals surface area contributed by atoms with Crippen molar-refractivity contribution < 1.29 is 0 Å². The van der Waals surface area contributed by atoms with Crippen LogP contribution in [0.4, 0.5) is 0 Å². The minimum Gasteiger partial charge on any atom is -0.309 e. The molecule has 0 atom stereocenters. The van der Waals surface area contributed by atoms with Gasteiger partial charge in [-0.15, -0.1) is 11.3 Å². The lowest BCUT2D eigenvalue weighted by Gasteiger charge is -2.18. The number of benzene rings is 8. The molecule has 4 nitrogen and oxygen atoms in total. The molecule has 58 heavy (non-hydrogen) atoms. The summed E-state index contributed by atoms with van der Waals surface area (Å²) >= 11 is 1.87. The summed E-state index contributed by atoms with van der Waals surface area (Å²) in [4.78, 5) is 15.2. The average Bonchev–Trinajstić information content (AvgIpc) is 3.83. The lowest BCUT2D eigenvalue weighted by molar-refractivity contribution is 1.06. The number of rotatable bonds is 7. The summed E-state index contributed by atoms with van der Waals surface area (Å²) in [6.45, 7) is 10.3. The van der Waals surface area contributed by atoms with Gasteiger partial charge in [-0.1, -0.05) is 152 Å². The van der Waals surface area contributed by atoms with Gasteiger partial charge in [-0.25, -0.2) is 9.98 Å². The van der Waals surface area contributed by atoms with Gasteiger partial charge in [0, 0.05) is 53.2 Å². The maximum Gasteiger partial charge on any atom is 0.160 e. The Bertz CT molecular complexity index is 3410. The molecule has 0 fully saturated rings. The van der Waals surface area contributed by atoms with Gasteiger partial charge >= 0.3 is 0 Å². The van der Waals surface area contributed by atoms with E-state index in [2.05, 4.69) is 156 Å². The van der Waals surface area contributed by atoms with Crippen LogP contribution in [0, 0.1) is 0 Å². The van der Waals surface area contributed by atoms with Crippen molar-refractivity contribution in [3.05, 3.63) is 199 Å². The van der Waals surface area contributed by atoms with Gasteiger partial charge in [0.2, 0.25) is 0 Å². The third kappa shape index (κ3) is 5.78. The van der Waals surface area contributed by atoms with E-state index in [0.29, 0.717) is 18.2 Å². The Morgan fingerprint density at radius 3 is 2.03 bits per heavy atom. The normalized spacial score (nSPS) is 13.0. The van der Waals surface area contributed by atoms with Crippen molar-refractivity contribution in [2.75, 3.05) is 0 Å². The van der Waals surface area contributed by atoms with Gasteiger partial charge in [0.15, 0.2) is 11.7 Å². The molecule has 0 N–H and O–H groups in total. The van der Waals surface area contributed by atoms with Crippen LogP contribution in [0.2, 0.25) is 0 Å². The second kappa shape index (κ2) is 14.7. The van der Waals surface area contributed by atoms with Crippen LogP contribution in [0.5, 0.6) is 0 Å². The highest BCUT2D eigenvalue weighted by atomic mass is 32.1. The first kappa shape index (κ1) is 35.2. The fraction of sp³-hybridized carbons (Fsp3) is 0.0377. The lowest BCUT2D eigenvalue weighted by atomic mass is 9.90. The number of para-hydroxylation sites is 1. The van der Waals surface area contributed by atoms with E-state index in [9.17, 15) is 0 Å². The van der Waals surface area contributed by atoms with Crippen molar-refractivity contribution in [3.63, 3.8) is 0 Å². The number of amidine groups is 2. The first-order chi connectivity index (χ1) is 28.7. The molecular formula is C53H38N4S. The van der Waals surface area contributed by atoms with Crippen LogP contribution in [-0.4, -0.2) is 23.0 Å². The molecule has 0 radical (unpaired) electrons. The molecule has 0 aliphatic rings. The highest BCUT2D eigenvalue weighted by Crippen LogP contribution is 2.45. The van der Waals surface area contributed by atoms with Crippen LogP contribution in [0.3, 0.4) is 0 Å². The van der Waals surface area contributed by atoms with Gasteiger partial charge in [-0.05, 0) is 76.5 Å². The van der Waals surface area contributed by atoms with Gasteiger partial charge in [-0.2, -0.15) is 0 Å². The van der Waals surface area contributed by atoms with E-state index in [1.54, 1.807) is 6.08 Å². The van der Waals surface area contributed by atoms with Crippen molar-refractivity contribution in [2.24, 2.45) is 15.0 Å². The minimum absolute atomic E-state index is 0.439. The topological polar surface area (TPSA) is 42.0 Å². The van der Waals surface area contributed by atoms with E-state index in [1.165, 1.54) is 47.1 Å². The van der Waals surface area contributed by atoms with Crippen molar-refractivity contribution in [1.82, 2.24) is 4.57 Å². The third-order valence-corrected chi connectivity index (χ3v) is 12.3. The van der Waals surface area contributed by atoms with Crippen LogP contribution in [0.25, 0.3) is 80.0 Å². The predicted octanol–water partition coefficient (Wildman–Crippen LogP) is 14.3. The Morgan fingerprint density at radius 1 is 0.638 bits per heavy atom. The molecule has 2 heterocycles. The largest absolute Gasteiger partial charge is 0.309 e. The van der Waals surface area contributed by atoms with E-state index < -0.39 is 0 Å². The lowest BCUT2D eigenvalue weighted by Crippen LogP contribution is -2.08. The first-order valence-electron chi connectivity index (χ1n) is 19.5. The quantitative estimate of drug-likeness (QED) is 0.0672. The minimum atomic E-state index is 0.439. The van der Waals surface area contributed by atoms with Crippen molar-refractivity contribution in [2.45, 2.75) is 13.5 Å². The third-order valence-electron chi connectivity index (χ3n) is 11.1. The molecule has 0 unspecified atom stereocenters. The standard InChI is InChI=1S/C53H38N4S/c1-4-6-20-35(5-2)52(54-3)56-53(55-33-34-18-8-7-9-19-34)45-32-36(31-44-39-23-11-10-21-37(39)38-22-12-13-25-41(38)49(44)45)57-46-27-16-14-26-43(46)50-47(57)30-29-42-40-24-15-17-28-48(40)58-51(42)50/h4-32H,1,3,33H2,2H3/b20-6-,35-5+,55-53?,56-52?. The number of hydrogen-bond acceptors (Lipinski definition) is 2. The Hall–Kier alpha value is -7.21. The predicted molar refractivity (Wildman–Crippen MR) is 253 cm³/mol. The zero-order chi connectivity index (χ0) is 39.2. The smallest absolute Gasteiger partial charge is 0.160 e. The monoisotopic (exact) mass is 762 g/mol. The SMILES string of the molecule is C=C/C=C\C(=C/C)C(N=C)=NC(=NCc1ccccc1)c1cc(-n2c3ccccc3c3c4sc5ccccc5c4ccc32)cc2c3ccccc3c3ccccc3c12. The van der Waals surface area contributed by atoms with E-state index in [0.717, 1.165) is 49.6 Å². The molecule has 2 aromatic heterocycles. The summed E-state index contributed by atoms with van der Waals surface area (Å²) in [5.41, 5.74) is 6.16. The number of aliphatic imine (C=N–C) groups is 3. The van der Waals surface area contributed by atoms with Gasteiger partial charge < -0.3 is 4.57 Å². The van der Waals surface area contributed by atoms with Crippen LogP contribution < -0.4 is 0 Å². The zero-order valence-electron chi connectivity index (χ0n) is 32.1. The van der Waals surface area contributed by atoms with Crippen molar-refractivity contribution in [1.29, 1.82) is 0 Å². The zero-order valence-corrected chi connectivity index (χ0v) is 32.9. The number of aromatic nitrogens is 1. The molecule has 0 spiro atoms. The number of hydrogen-bond donors (Lipinski definition) is 0. The molecule has 10 rings (SSSR count). The Kier molecular flexibility index (Phi) is 8.93. The summed E-state index contributed by atoms with van der Waals surface area (Å²) in [7, 11) is 0. The summed E-state index contributed by atoms with van der Waals surface area (Å²) in [6, 6.07) is 54.5. The van der Waals surface area contributed by atoms with Crippen LogP contribution in [-0.2, 0) is 6.54 Å². The Morgan fingerprint density at radius 2 is 1.29 bits per heavy atom. The van der Waals surface area contributed by atoms with Crippen LogP contribution >= 0.6 is 11.3 Å². The Labute approximate surface area is 340 Å². The number of allylic oxidation sites excluding steroid dienone is 3. The van der Waals surface area contributed by atoms with Crippen molar-refractivity contribution >= 4 is 104 Å². The summed E-state index contributed by atoms with van der Waals surface area (Å²) in [5.74, 6) is 1.07. The van der Waals surface area contributed by atoms with Gasteiger partial charge in [0.1, 0.15) is 0 Å². The van der Waals surface area contributed by atoms with Crippen LogP contribution in [0.15, 0.2) is 203 Å². The highest BCUT2D eigenvalue weighted by Gasteiger charge is 2.22. The summed E-state index contributed by atoms with van der Waals surface area (Å²) in [6.07, 6.45) is 7.59. The first-order valence-corrected chi connectivity index (χ1v) is 20.3. The van der Waals surface area contributed by atoms with E-state index >= 15 is 0 Å². The molecule has 8 aromatic carbocycles. The summed E-state index contributed by atoms with van der Waals surface area (Å²) < 4.78 is 5.02. The molecule has 0 saturated heterocycles. The number of nitrogens with zero attached hydrogens (tertiary/aromatic N) is 4. The number of thiophene rings is 1. The number of fused-ring (bicyclic) bond motifs is 13. The fourth-order valence-corrected chi connectivity index (χ4v) is 9.79. The maximum absolute atomic E-state index is 5.36. The van der Waals surface area contributed by atoms with Gasteiger partial charge in [-0.3, -0.25) is 4.99 Å². The fourth-order valence-electron chi connectivity index (χ4n) is 8.53. The highest BCUT2D eigenvalue weighted by molar-refractivity contribution is 7.26. The molecule has 0 aliphatic heterocycles.